The molecular formula is C27H33N8O10S2+. The normalized spacial score (nSPS) is 18.6. The van der Waals surface area contributed by atoms with E-state index >= 15 is 0 Å². The molecule has 18 nitrogen and oxygen atoms in total. The summed E-state index contributed by atoms with van der Waals surface area (Å²) in [5.74, 6) is -1.59. The number of hydroxylamine groups is 2. The molecule has 3 aromatic rings. The number of β-lactam (4-membered cyclic amide) rings is 1. The van der Waals surface area contributed by atoms with Crippen molar-refractivity contribution in [1.29, 1.82) is 0 Å². The third kappa shape index (κ3) is 7.52. The van der Waals surface area contributed by atoms with Crippen LogP contribution < -0.4 is 31.0 Å². The Morgan fingerprint density at radius 2 is 2.06 bits per heavy atom. The average Bonchev–Trinajstić information content (AvgIpc) is 3.41. The standard InChI is InChI=1S/C27H32N8O10S2/c1-27(2)21(24(37)35(27)45-47(40,41)42)32-23(36)20(18-13-46-26(28)31-18)33-44-19(25(38)39)12-43-16-4-5-17-15(8-16)6-7-34(3)22(17)30-11-14-9-29-10-14/h4-8,13-14,19,21,29H,9-12H2,1-3H3,(H5,28,31,32,36,38,39,40,41,42)/p+1/b33-20-/t19-,21+/m0/s1. The number of carboxylic acid groups (broad SMARTS) is 1. The van der Waals surface area contributed by atoms with Gasteiger partial charge in [0.15, 0.2) is 10.8 Å². The largest absolute Gasteiger partial charge is 0.489 e. The molecule has 1 aromatic carbocycles. The van der Waals surface area contributed by atoms with E-state index in [1.165, 1.54) is 19.2 Å². The first-order valence-corrected chi connectivity index (χ1v) is 16.4. The molecule has 252 valence electrons. The molecule has 0 unspecified atom stereocenters. The van der Waals surface area contributed by atoms with Crippen LogP contribution in [-0.4, -0.2) is 95.5 Å². The lowest BCUT2D eigenvalue weighted by molar-refractivity contribution is -0.656. The number of ether oxygens (including phenoxy) is 1. The zero-order valence-electron chi connectivity index (χ0n) is 25.4. The van der Waals surface area contributed by atoms with Crippen molar-refractivity contribution >= 4 is 67.0 Å². The summed E-state index contributed by atoms with van der Waals surface area (Å²) >= 11 is 0.966. The third-order valence-corrected chi connectivity index (χ3v) is 8.59. The summed E-state index contributed by atoms with van der Waals surface area (Å²) in [7, 11) is -3.08. The van der Waals surface area contributed by atoms with Crippen molar-refractivity contribution in [3.05, 3.63) is 41.5 Å². The number of oxime groups is 1. The van der Waals surface area contributed by atoms with Gasteiger partial charge >= 0.3 is 16.4 Å². The van der Waals surface area contributed by atoms with Crippen LogP contribution in [0, 0.1) is 5.92 Å². The Labute approximate surface area is 272 Å². The van der Waals surface area contributed by atoms with E-state index in [-0.39, 0.29) is 10.8 Å². The first kappa shape index (κ1) is 33.7. The summed E-state index contributed by atoms with van der Waals surface area (Å²) in [4.78, 5) is 47.1. The number of aryl methyl sites for hydroxylation is 1. The molecule has 7 N–H and O–H groups in total. The molecule has 0 saturated carbocycles. The van der Waals surface area contributed by atoms with Gasteiger partial charge in [0.05, 0.1) is 30.7 Å². The molecule has 0 radical (unpaired) electrons. The van der Waals surface area contributed by atoms with Gasteiger partial charge in [-0.1, -0.05) is 5.16 Å². The Morgan fingerprint density at radius 1 is 1.32 bits per heavy atom. The average molecular weight is 694 g/mol. The number of rotatable bonds is 14. The molecule has 2 atom stereocenters. The second-order valence-electron chi connectivity index (χ2n) is 11.4. The zero-order valence-corrected chi connectivity index (χ0v) is 27.0. The lowest BCUT2D eigenvalue weighted by Crippen LogP contribution is -2.76. The Kier molecular flexibility index (Phi) is 9.50. The summed E-state index contributed by atoms with van der Waals surface area (Å²) in [5, 5.41) is 26.3. The lowest BCUT2D eigenvalue weighted by Gasteiger charge is -2.50. The molecule has 2 fully saturated rings. The number of hydrogen-bond acceptors (Lipinski definition) is 14. The molecule has 4 heterocycles. The van der Waals surface area contributed by atoms with Crippen LogP contribution >= 0.6 is 11.3 Å². The highest BCUT2D eigenvalue weighted by Gasteiger charge is 2.58. The molecular weight excluding hydrogens is 660 g/mol. The second-order valence-corrected chi connectivity index (χ2v) is 13.3. The minimum atomic E-state index is -5.01. The highest BCUT2D eigenvalue weighted by molar-refractivity contribution is 7.80. The van der Waals surface area contributed by atoms with Crippen LogP contribution in [0.5, 0.6) is 5.75 Å². The molecule has 0 bridgehead atoms. The maximum Gasteiger partial charge on any atom is 0.418 e. The fraction of sp³-hybridized carbons (Fsp3) is 0.407. The summed E-state index contributed by atoms with van der Waals surface area (Å²) in [5.41, 5.74) is 3.70. The smallest absolute Gasteiger partial charge is 0.418 e. The Hall–Kier alpha value is -4.63. The molecule has 5 rings (SSSR count). The van der Waals surface area contributed by atoms with Crippen molar-refractivity contribution in [3.63, 3.8) is 0 Å². The number of nitrogens with two attached hydrogens (primary N) is 1. The number of benzene rings is 1. The van der Waals surface area contributed by atoms with Crippen LogP contribution in [0.4, 0.5) is 10.9 Å². The van der Waals surface area contributed by atoms with Gasteiger partial charge in [-0.05, 0) is 43.5 Å². The van der Waals surface area contributed by atoms with E-state index in [1.54, 1.807) is 12.1 Å². The summed E-state index contributed by atoms with van der Waals surface area (Å²) in [6.07, 6.45) is 0.229. The molecule has 2 aromatic heterocycles. The van der Waals surface area contributed by atoms with E-state index in [1.807, 2.05) is 29.9 Å². The van der Waals surface area contributed by atoms with Crippen molar-refractivity contribution in [2.45, 2.75) is 31.5 Å². The number of thiazole rings is 1. The van der Waals surface area contributed by atoms with Crippen molar-refractivity contribution in [3.8, 4) is 5.75 Å². The van der Waals surface area contributed by atoms with Gasteiger partial charge < -0.3 is 31.0 Å². The summed E-state index contributed by atoms with van der Waals surface area (Å²) in [6.45, 7) is 4.99. The Bertz CT molecular complexity index is 1840. The van der Waals surface area contributed by atoms with E-state index in [0.29, 0.717) is 16.7 Å². The number of fused-ring (bicyclic) bond motifs is 1. The maximum atomic E-state index is 13.3. The SMILES string of the molecule is C[n+]1ccc2cc(OC[C@H](O/N=C(\C(=O)N[C@@H]3C(=O)N(OS(=O)(=O)O)C3(C)C)c3csc(N)n3)C(=O)O)ccc2c1NCC1CNC1. The van der Waals surface area contributed by atoms with Crippen LogP contribution in [0.15, 0.2) is 41.0 Å². The maximum absolute atomic E-state index is 13.3. The van der Waals surface area contributed by atoms with E-state index < -0.39 is 58.2 Å². The monoisotopic (exact) mass is 693 g/mol. The highest BCUT2D eigenvalue weighted by Crippen LogP contribution is 2.33. The number of carbonyl (C=O) groups is 3. The number of aromatic nitrogens is 2. The molecule has 2 amide bonds. The fourth-order valence-electron chi connectivity index (χ4n) is 4.85. The number of hydrogen-bond donors (Lipinski definition) is 6. The van der Waals surface area contributed by atoms with Crippen LogP contribution in [0.2, 0.25) is 0 Å². The van der Waals surface area contributed by atoms with E-state index in [2.05, 4.69) is 30.4 Å². The van der Waals surface area contributed by atoms with E-state index in [4.69, 9.17) is 19.9 Å². The number of nitrogen functional groups attached to an aromatic ring is 1. The van der Waals surface area contributed by atoms with Gasteiger partial charge in [0.1, 0.15) is 24.1 Å². The van der Waals surface area contributed by atoms with Gasteiger partial charge in [-0.2, -0.15) is 13.5 Å². The van der Waals surface area contributed by atoms with Gasteiger partial charge in [-0.15, -0.1) is 15.6 Å². The molecule has 47 heavy (non-hydrogen) atoms. The van der Waals surface area contributed by atoms with Crippen molar-refractivity contribution in [2.24, 2.45) is 18.1 Å². The van der Waals surface area contributed by atoms with Crippen molar-refractivity contribution < 1.29 is 50.9 Å². The van der Waals surface area contributed by atoms with Crippen LogP contribution in [0.3, 0.4) is 0 Å². The topological polar surface area (TPSA) is 248 Å². The molecule has 2 aliphatic rings. The summed E-state index contributed by atoms with van der Waals surface area (Å²) < 4.78 is 43.2. The summed E-state index contributed by atoms with van der Waals surface area (Å²) in [6, 6.07) is 5.90. The minimum absolute atomic E-state index is 0.0645. The van der Waals surface area contributed by atoms with E-state index in [9.17, 15) is 27.9 Å². The highest BCUT2D eigenvalue weighted by atomic mass is 32.3. The number of nitrogens with zero attached hydrogens (tertiary/aromatic N) is 4. The molecule has 0 spiro atoms. The number of nitrogens with one attached hydrogen (secondary N) is 3. The molecule has 2 saturated heterocycles. The Morgan fingerprint density at radius 3 is 2.66 bits per heavy atom. The predicted molar refractivity (Wildman–Crippen MR) is 167 cm³/mol. The van der Waals surface area contributed by atoms with Crippen LogP contribution in [0.25, 0.3) is 10.8 Å². The van der Waals surface area contributed by atoms with Crippen LogP contribution in [0.1, 0.15) is 19.5 Å². The predicted octanol–water partition coefficient (Wildman–Crippen LogP) is -0.573. The Balaban J connectivity index is 1.29. The molecule has 2 aliphatic heterocycles. The van der Waals surface area contributed by atoms with Crippen molar-refractivity contribution in [2.75, 3.05) is 37.3 Å². The third-order valence-electron chi connectivity index (χ3n) is 7.58. The first-order chi connectivity index (χ1) is 22.1. The number of pyridine rings is 1. The number of carbonyl (C=O) groups excluding carboxylic acids is 2. The van der Waals surface area contributed by atoms with Gasteiger partial charge in [-0.25, -0.2) is 14.3 Å². The zero-order chi connectivity index (χ0) is 34.1. The molecule has 20 heteroatoms. The van der Waals surface area contributed by atoms with Gasteiger partial charge in [0.25, 0.3) is 23.7 Å². The fourth-order valence-corrected chi connectivity index (χ4v) is 5.85. The van der Waals surface area contributed by atoms with Gasteiger partial charge in [0.2, 0.25) is 0 Å². The molecule has 0 aliphatic carbocycles. The number of carboxylic acids is 1. The number of amides is 2. The number of aliphatic carboxylic acids is 1. The lowest BCUT2D eigenvalue weighted by atomic mass is 9.84. The van der Waals surface area contributed by atoms with Crippen LogP contribution in [-0.2, 0) is 41.0 Å². The first-order valence-electron chi connectivity index (χ1n) is 14.1. The quantitative estimate of drug-likeness (QED) is 0.0407. The number of anilines is 2. The van der Waals surface area contributed by atoms with Gasteiger partial charge in [0, 0.05) is 24.4 Å². The second kappa shape index (κ2) is 13.2. The van der Waals surface area contributed by atoms with E-state index in [0.717, 1.165) is 47.6 Å². The minimum Gasteiger partial charge on any atom is -0.489 e. The van der Waals surface area contributed by atoms with Crippen molar-refractivity contribution in [1.82, 2.24) is 20.7 Å². The van der Waals surface area contributed by atoms with Gasteiger partial charge in [-0.3, -0.25) is 19.5 Å².